The number of rotatable bonds is 5. The van der Waals surface area contributed by atoms with Crippen LogP contribution in [0.3, 0.4) is 0 Å². The minimum absolute atomic E-state index is 0.120. The van der Waals surface area contributed by atoms with Crippen LogP contribution in [0.1, 0.15) is 19.3 Å². The van der Waals surface area contributed by atoms with Gasteiger partial charge < -0.3 is 14.6 Å². The average Bonchev–Trinajstić information content (AvgIpc) is 2.73. The van der Waals surface area contributed by atoms with E-state index in [2.05, 4.69) is 4.90 Å². The van der Waals surface area contributed by atoms with Crippen LogP contribution in [0.4, 0.5) is 0 Å². The highest BCUT2D eigenvalue weighted by Gasteiger charge is 2.35. The molecule has 0 amide bonds. The maximum Gasteiger partial charge on any atom is 0.0730 e. The molecule has 2 atom stereocenters. The van der Waals surface area contributed by atoms with Gasteiger partial charge in [0, 0.05) is 19.1 Å². The number of morpholine rings is 1. The van der Waals surface area contributed by atoms with Crippen LogP contribution in [0.2, 0.25) is 0 Å². The van der Waals surface area contributed by atoms with Gasteiger partial charge in [-0.05, 0) is 19.3 Å². The zero-order chi connectivity index (χ0) is 10.5. The van der Waals surface area contributed by atoms with Gasteiger partial charge in [-0.1, -0.05) is 0 Å². The first-order valence-electron chi connectivity index (χ1n) is 5.96. The number of ether oxygens (including phenoxy) is 2. The van der Waals surface area contributed by atoms with E-state index in [9.17, 15) is 0 Å². The SMILES string of the molecule is OCCOCCN1CCOC2CCCC21. The number of hydrogen-bond acceptors (Lipinski definition) is 4. The van der Waals surface area contributed by atoms with Crippen molar-refractivity contribution in [2.75, 3.05) is 39.5 Å². The summed E-state index contributed by atoms with van der Waals surface area (Å²) in [7, 11) is 0. The van der Waals surface area contributed by atoms with Crippen LogP contribution < -0.4 is 0 Å². The van der Waals surface area contributed by atoms with Crippen LogP contribution in [0.15, 0.2) is 0 Å². The van der Waals surface area contributed by atoms with Crippen molar-refractivity contribution in [3.05, 3.63) is 0 Å². The maximum absolute atomic E-state index is 8.59. The van der Waals surface area contributed by atoms with Crippen molar-refractivity contribution in [1.29, 1.82) is 0 Å². The van der Waals surface area contributed by atoms with Crippen molar-refractivity contribution < 1.29 is 14.6 Å². The predicted octanol–water partition coefficient (Wildman–Crippen LogP) is 0.249. The van der Waals surface area contributed by atoms with Crippen LogP contribution in [-0.4, -0.2) is 61.7 Å². The third kappa shape index (κ3) is 2.91. The second kappa shape index (κ2) is 5.80. The van der Waals surface area contributed by atoms with Gasteiger partial charge in [0.15, 0.2) is 0 Å². The summed E-state index contributed by atoms with van der Waals surface area (Å²) in [6.07, 6.45) is 4.25. The topological polar surface area (TPSA) is 41.9 Å². The molecular weight excluding hydrogens is 194 g/mol. The van der Waals surface area contributed by atoms with E-state index < -0.39 is 0 Å². The monoisotopic (exact) mass is 215 g/mol. The summed E-state index contributed by atoms with van der Waals surface area (Å²) < 4.78 is 11.0. The molecule has 2 fully saturated rings. The Kier molecular flexibility index (Phi) is 4.38. The standard InChI is InChI=1S/C11H21NO3/c13-6-9-14-7-4-12-5-8-15-11-3-1-2-10(11)12/h10-11,13H,1-9H2. The molecule has 0 radical (unpaired) electrons. The molecule has 0 aromatic rings. The first-order chi connectivity index (χ1) is 7.42. The van der Waals surface area contributed by atoms with E-state index >= 15 is 0 Å². The molecular formula is C11H21NO3. The molecule has 88 valence electrons. The van der Waals surface area contributed by atoms with Gasteiger partial charge in [-0.25, -0.2) is 0 Å². The summed E-state index contributed by atoms with van der Waals surface area (Å²) in [5, 5.41) is 8.59. The third-order valence-corrected chi connectivity index (χ3v) is 3.36. The van der Waals surface area contributed by atoms with Crippen molar-refractivity contribution in [2.45, 2.75) is 31.4 Å². The van der Waals surface area contributed by atoms with E-state index in [4.69, 9.17) is 14.6 Å². The molecule has 1 saturated heterocycles. The first-order valence-corrected chi connectivity index (χ1v) is 5.96. The van der Waals surface area contributed by atoms with E-state index in [1.54, 1.807) is 0 Å². The Balaban J connectivity index is 1.71. The molecule has 1 heterocycles. The summed E-state index contributed by atoms with van der Waals surface area (Å²) in [5.74, 6) is 0. The van der Waals surface area contributed by atoms with Gasteiger partial charge in [-0.2, -0.15) is 0 Å². The summed E-state index contributed by atoms with van der Waals surface area (Å²) in [5.41, 5.74) is 0. The number of fused-ring (bicyclic) bond motifs is 1. The van der Waals surface area contributed by atoms with Gasteiger partial charge in [0.05, 0.1) is 32.5 Å². The highest BCUT2D eigenvalue weighted by molar-refractivity contribution is 4.89. The van der Waals surface area contributed by atoms with Crippen molar-refractivity contribution in [3.8, 4) is 0 Å². The summed E-state index contributed by atoms with van der Waals surface area (Å²) in [6, 6.07) is 0.622. The fraction of sp³-hybridized carbons (Fsp3) is 1.00. The van der Waals surface area contributed by atoms with Gasteiger partial charge in [0.2, 0.25) is 0 Å². The lowest BCUT2D eigenvalue weighted by atomic mass is 10.1. The highest BCUT2D eigenvalue weighted by atomic mass is 16.5. The number of aliphatic hydroxyl groups is 1. The lowest BCUT2D eigenvalue weighted by molar-refractivity contribution is -0.0634. The second-order valence-corrected chi connectivity index (χ2v) is 4.28. The Morgan fingerprint density at radius 1 is 1.33 bits per heavy atom. The molecule has 2 unspecified atom stereocenters. The van der Waals surface area contributed by atoms with Gasteiger partial charge in [-0.15, -0.1) is 0 Å². The Morgan fingerprint density at radius 3 is 3.13 bits per heavy atom. The van der Waals surface area contributed by atoms with Crippen molar-refractivity contribution >= 4 is 0 Å². The quantitative estimate of drug-likeness (QED) is 0.667. The minimum atomic E-state index is 0.120. The molecule has 4 nitrogen and oxygen atoms in total. The molecule has 0 aromatic heterocycles. The molecule has 1 aliphatic carbocycles. The van der Waals surface area contributed by atoms with E-state index in [0.29, 0.717) is 18.8 Å². The molecule has 1 N–H and O–H groups in total. The number of hydrogen-bond donors (Lipinski definition) is 1. The minimum Gasteiger partial charge on any atom is -0.394 e. The summed E-state index contributed by atoms with van der Waals surface area (Å²) >= 11 is 0. The molecule has 1 saturated carbocycles. The molecule has 15 heavy (non-hydrogen) atoms. The molecule has 1 aliphatic heterocycles. The third-order valence-electron chi connectivity index (χ3n) is 3.36. The Hall–Kier alpha value is -0.160. The van der Waals surface area contributed by atoms with E-state index in [0.717, 1.165) is 26.3 Å². The van der Waals surface area contributed by atoms with Gasteiger partial charge in [-0.3, -0.25) is 4.90 Å². The summed E-state index contributed by atoms with van der Waals surface area (Å²) in [6.45, 7) is 4.17. The zero-order valence-corrected chi connectivity index (χ0v) is 9.23. The number of aliphatic hydroxyl groups excluding tert-OH is 1. The first kappa shape index (κ1) is 11.3. The Bertz CT molecular complexity index is 189. The largest absolute Gasteiger partial charge is 0.394 e. The van der Waals surface area contributed by atoms with Gasteiger partial charge in [0.1, 0.15) is 0 Å². The molecule has 0 aromatic carbocycles. The number of nitrogens with zero attached hydrogens (tertiary/aromatic N) is 1. The lowest BCUT2D eigenvalue weighted by Gasteiger charge is -2.37. The molecule has 4 heteroatoms. The maximum atomic E-state index is 8.59. The predicted molar refractivity (Wildman–Crippen MR) is 56.9 cm³/mol. The second-order valence-electron chi connectivity index (χ2n) is 4.28. The molecule has 2 rings (SSSR count). The zero-order valence-electron chi connectivity index (χ0n) is 9.23. The highest BCUT2D eigenvalue weighted by Crippen LogP contribution is 2.29. The molecule has 2 aliphatic rings. The van der Waals surface area contributed by atoms with E-state index in [1.807, 2.05) is 0 Å². The van der Waals surface area contributed by atoms with Crippen molar-refractivity contribution in [1.82, 2.24) is 4.90 Å². The Labute approximate surface area is 91.2 Å². The van der Waals surface area contributed by atoms with Crippen LogP contribution in [0, 0.1) is 0 Å². The van der Waals surface area contributed by atoms with E-state index in [1.165, 1.54) is 19.3 Å². The average molecular weight is 215 g/mol. The molecule has 0 bridgehead atoms. The lowest BCUT2D eigenvalue weighted by Crippen LogP contribution is -2.49. The van der Waals surface area contributed by atoms with E-state index in [-0.39, 0.29) is 6.61 Å². The fourth-order valence-electron chi connectivity index (χ4n) is 2.63. The van der Waals surface area contributed by atoms with Gasteiger partial charge in [0.25, 0.3) is 0 Å². The fourth-order valence-corrected chi connectivity index (χ4v) is 2.63. The smallest absolute Gasteiger partial charge is 0.0730 e. The van der Waals surface area contributed by atoms with Crippen LogP contribution >= 0.6 is 0 Å². The normalized spacial score (nSPS) is 31.8. The van der Waals surface area contributed by atoms with Gasteiger partial charge >= 0.3 is 0 Å². The van der Waals surface area contributed by atoms with Crippen molar-refractivity contribution in [2.24, 2.45) is 0 Å². The van der Waals surface area contributed by atoms with Crippen LogP contribution in [-0.2, 0) is 9.47 Å². The summed E-state index contributed by atoms with van der Waals surface area (Å²) in [4.78, 5) is 2.48. The van der Waals surface area contributed by atoms with Crippen LogP contribution in [0.5, 0.6) is 0 Å². The molecule has 0 spiro atoms. The Morgan fingerprint density at radius 2 is 2.27 bits per heavy atom. The van der Waals surface area contributed by atoms with Crippen molar-refractivity contribution in [3.63, 3.8) is 0 Å². The van der Waals surface area contributed by atoms with Crippen LogP contribution in [0.25, 0.3) is 0 Å².